The minimum Gasteiger partial charge on any atom is -0.481 e. The van der Waals surface area contributed by atoms with Gasteiger partial charge in [0.05, 0.1) is 12.0 Å². The summed E-state index contributed by atoms with van der Waals surface area (Å²) in [5.74, 6) is 2.91. The van der Waals surface area contributed by atoms with Crippen LogP contribution in [0.2, 0.25) is 0 Å². The van der Waals surface area contributed by atoms with E-state index in [9.17, 15) is 9.90 Å². The topological polar surface area (TPSA) is 53.7 Å². The van der Waals surface area contributed by atoms with E-state index in [1.807, 2.05) is 13.8 Å². The molecule has 1 aliphatic carbocycles. The Morgan fingerprint density at radius 3 is 2.76 bits per heavy atom. The van der Waals surface area contributed by atoms with Crippen molar-refractivity contribution in [2.24, 2.45) is 17.3 Å². The fourth-order valence-corrected chi connectivity index (χ4v) is 3.56. The van der Waals surface area contributed by atoms with Gasteiger partial charge in [-0.1, -0.05) is 20.8 Å². The van der Waals surface area contributed by atoms with Crippen LogP contribution in [0.25, 0.3) is 0 Å². The van der Waals surface area contributed by atoms with Crippen molar-refractivity contribution < 1.29 is 14.3 Å². The van der Waals surface area contributed by atoms with Crippen LogP contribution in [0.3, 0.4) is 0 Å². The molecule has 1 aromatic rings. The summed E-state index contributed by atoms with van der Waals surface area (Å²) in [6.07, 6.45) is 1.96. The van der Waals surface area contributed by atoms with Gasteiger partial charge in [0, 0.05) is 12.5 Å². The molecule has 1 aromatic heterocycles. The van der Waals surface area contributed by atoms with Crippen LogP contribution >= 0.6 is 0 Å². The third-order valence-electron chi connectivity index (χ3n) is 5.45. The molecule has 2 heterocycles. The number of aliphatic carboxylic acids is 1. The van der Waals surface area contributed by atoms with Crippen LogP contribution in [0, 0.1) is 17.3 Å². The summed E-state index contributed by atoms with van der Waals surface area (Å²) >= 11 is 0. The molecule has 0 spiro atoms. The molecule has 1 aliphatic heterocycles. The first kappa shape index (κ1) is 14.6. The zero-order valence-corrected chi connectivity index (χ0v) is 13.1. The average Bonchev–Trinajstić information content (AvgIpc) is 2.86. The number of rotatable bonds is 5. The van der Waals surface area contributed by atoms with Gasteiger partial charge in [-0.25, -0.2) is 0 Å². The van der Waals surface area contributed by atoms with Gasteiger partial charge < -0.3 is 9.52 Å². The molecule has 0 amide bonds. The molecular weight excluding hydrogens is 266 g/mol. The van der Waals surface area contributed by atoms with E-state index in [-0.39, 0.29) is 5.92 Å². The van der Waals surface area contributed by atoms with Gasteiger partial charge in [-0.3, -0.25) is 9.69 Å². The normalized spacial score (nSPS) is 32.8. The highest BCUT2D eigenvalue weighted by atomic mass is 16.4. The minimum atomic E-state index is -0.660. The molecule has 3 unspecified atom stereocenters. The second-order valence-electron chi connectivity index (χ2n) is 7.20. The second-order valence-corrected chi connectivity index (χ2v) is 7.20. The zero-order chi connectivity index (χ0) is 15.2. The highest BCUT2D eigenvalue weighted by Crippen LogP contribution is 2.47. The molecule has 1 saturated heterocycles. The summed E-state index contributed by atoms with van der Waals surface area (Å²) < 4.78 is 5.94. The average molecular weight is 291 g/mol. The van der Waals surface area contributed by atoms with Gasteiger partial charge in [0.1, 0.15) is 11.5 Å². The summed E-state index contributed by atoms with van der Waals surface area (Å²) in [7, 11) is 0. The van der Waals surface area contributed by atoms with Crippen molar-refractivity contribution >= 4 is 5.97 Å². The van der Waals surface area contributed by atoms with Crippen molar-refractivity contribution in [3.05, 3.63) is 23.7 Å². The molecule has 4 heteroatoms. The number of likely N-dealkylation sites (tertiary alicyclic amines) is 1. The lowest BCUT2D eigenvalue weighted by molar-refractivity contribution is -0.151. The van der Waals surface area contributed by atoms with Gasteiger partial charge in [0.15, 0.2) is 0 Å². The Morgan fingerprint density at radius 1 is 1.52 bits per heavy atom. The van der Waals surface area contributed by atoms with Crippen molar-refractivity contribution in [2.45, 2.75) is 46.1 Å². The van der Waals surface area contributed by atoms with E-state index in [0.717, 1.165) is 36.9 Å². The molecule has 3 atom stereocenters. The van der Waals surface area contributed by atoms with E-state index >= 15 is 0 Å². The number of nitrogens with zero attached hydrogens (tertiary/aromatic N) is 1. The summed E-state index contributed by atoms with van der Waals surface area (Å²) in [5, 5.41) is 9.58. The quantitative estimate of drug-likeness (QED) is 0.904. The standard InChI is InChI=1S/C17H25NO3/c1-11(2)17(16(19)20)6-7-18(10-17)9-13-4-5-15(21-13)14-8-12(14)3/h4-5,11-12,14H,6-10H2,1-3H3,(H,19,20). The molecule has 0 radical (unpaired) electrons. The van der Waals surface area contributed by atoms with Gasteiger partial charge >= 0.3 is 5.97 Å². The van der Waals surface area contributed by atoms with E-state index in [2.05, 4.69) is 24.0 Å². The lowest BCUT2D eigenvalue weighted by atomic mass is 9.76. The molecule has 116 valence electrons. The lowest BCUT2D eigenvalue weighted by Crippen LogP contribution is -2.39. The smallest absolute Gasteiger partial charge is 0.311 e. The van der Waals surface area contributed by atoms with E-state index in [0.29, 0.717) is 12.5 Å². The number of furan rings is 1. The van der Waals surface area contributed by atoms with E-state index < -0.39 is 11.4 Å². The van der Waals surface area contributed by atoms with Crippen LogP contribution < -0.4 is 0 Å². The summed E-state index contributed by atoms with van der Waals surface area (Å²) in [6.45, 7) is 8.45. The van der Waals surface area contributed by atoms with Gasteiger partial charge in [0.2, 0.25) is 0 Å². The molecule has 2 aliphatic rings. The van der Waals surface area contributed by atoms with Crippen LogP contribution in [0.1, 0.15) is 51.1 Å². The zero-order valence-electron chi connectivity index (χ0n) is 13.1. The molecular formula is C17H25NO3. The Kier molecular flexibility index (Phi) is 3.60. The van der Waals surface area contributed by atoms with Gasteiger partial charge in [-0.05, 0) is 43.4 Å². The number of carboxylic acid groups (broad SMARTS) is 1. The van der Waals surface area contributed by atoms with Gasteiger partial charge in [-0.2, -0.15) is 0 Å². The molecule has 0 bridgehead atoms. The molecule has 1 saturated carbocycles. The Morgan fingerprint density at radius 2 is 2.24 bits per heavy atom. The maximum absolute atomic E-state index is 11.7. The highest BCUT2D eigenvalue weighted by Gasteiger charge is 2.47. The van der Waals surface area contributed by atoms with Crippen LogP contribution in [0.4, 0.5) is 0 Å². The first-order valence-electron chi connectivity index (χ1n) is 7.97. The maximum Gasteiger partial charge on any atom is 0.311 e. The number of hydrogen-bond donors (Lipinski definition) is 1. The van der Waals surface area contributed by atoms with E-state index in [1.165, 1.54) is 6.42 Å². The third-order valence-corrected chi connectivity index (χ3v) is 5.45. The molecule has 4 nitrogen and oxygen atoms in total. The van der Waals surface area contributed by atoms with Crippen molar-refractivity contribution in [1.29, 1.82) is 0 Å². The largest absolute Gasteiger partial charge is 0.481 e. The fourth-order valence-electron chi connectivity index (χ4n) is 3.56. The fraction of sp³-hybridized carbons (Fsp3) is 0.706. The number of carboxylic acids is 1. The molecule has 2 fully saturated rings. The number of hydrogen-bond acceptors (Lipinski definition) is 3. The number of carbonyl (C=O) groups is 1. The first-order chi connectivity index (χ1) is 9.92. The van der Waals surface area contributed by atoms with Crippen molar-refractivity contribution in [2.75, 3.05) is 13.1 Å². The third kappa shape index (κ3) is 2.61. The molecule has 0 aromatic carbocycles. The Balaban J connectivity index is 1.64. The minimum absolute atomic E-state index is 0.152. The first-order valence-corrected chi connectivity index (χ1v) is 7.97. The molecule has 3 rings (SSSR count). The lowest BCUT2D eigenvalue weighted by Gasteiger charge is -2.28. The predicted octanol–water partition coefficient (Wildman–Crippen LogP) is 3.34. The van der Waals surface area contributed by atoms with Crippen LogP contribution in [-0.2, 0) is 11.3 Å². The van der Waals surface area contributed by atoms with Crippen molar-refractivity contribution in [1.82, 2.24) is 4.90 Å². The Hall–Kier alpha value is -1.29. The predicted molar refractivity (Wildman–Crippen MR) is 80.0 cm³/mol. The Bertz CT molecular complexity index is 536. The SMILES string of the molecule is CC1CC1c1ccc(CN2CCC(C(=O)O)(C(C)C)C2)o1. The van der Waals surface area contributed by atoms with Crippen molar-refractivity contribution in [3.8, 4) is 0 Å². The van der Waals surface area contributed by atoms with Crippen LogP contribution in [0.5, 0.6) is 0 Å². The van der Waals surface area contributed by atoms with Gasteiger partial charge in [0.25, 0.3) is 0 Å². The summed E-state index contributed by atoms with van der Waals surface area (Å²) in [4.78, 5) is 13.9. The molecule has 1 N–H and O–H groups in total. The summed E-state index contributed by atoms with van der Waals surface area (Å²) in [5.41, 5.74) is -0.597. The molecule has 21 heavy (non-hydrogen) atoms. The van der Waals surface area contributed by atoms with Crippen molar-refractivity contribution in [3.63, 3.8) is 0 Å². The summed E-state index contributed by atoms with van der Waals surface area (Å²) in [6, 6.07) is 4.14. The monoisotopic (exact) mass is 291 g/mol. The van der Waals surface area contributed by atoms with E-state index in [4.69, 9.17) is 4.42 Å². The van der Waals surface area contributed by atoms with E-state index in [1.54, 1.807) is 0 Å². The van der Waals surface area contributed by atoms with Crippen LogP contribution in [0.15, 0.2) is 16.5 Å². The maximum atomic E-state index is 11.7. The van der Waals surface area contributed by atoms with Gasteiger partial charge in [-0.15, -0.1) is 0 Å². The van der Waals surface area contributed by atoms with Crippen LogP contribution in [-0.4, -0.2) is 29.1 Å². The highest BCUT2D eigenvalue weighted by molar-refractivity contribution is 5.75. The second kappa shape index (κ2) is 5.16. The Labute approximate surface area is 126 Å².